The minimum Gasteiger partial charge on any atom is -0.200 e. The van der Waals surface area contributed by atoms with Gasteiger partial charge in [0, 0.05) is 24.4 Å². The molecule has 1 aliphatic rings. The molecule has 3 heterocycles. The molecule has 0 N–H and O–H groups in total. The highest BCUT2D eigenvalue weighted by atomic mass is 15.7. The van der Waals surface area contributed by atoms with Crippen LogP contribution in [0.2, 0.25) is 0 Å². The quantitative estimate of drug-likeness (QED) is 0.578. The Bertz CT molecular complexity index is 534. The number of quaternary nitrogens is 1. The molecule has 0 fully saturated rings. The molecule has 3 rings (SSSR count). The normalized spacial score (nSPS) is 22.0. The number of nitrogens with zero attached hydrogens (tertiary/aromatic N) is 3. The molecule has 0 amide bonds. The fourth-order valence-corrected chi connectivity index (χ4v) is 2.22. The molecule has 1 atom stereocenters. The largest absolute Gasteiger partial charge is 0.290 e. The molecule has 1 unspecified atom stereocenters. The first kappa shape index (κ1) is 10.9. The summed E-state index contributed by atoms with van der Waals surface area (Å²) in [7, 11) is 0. The second-order valence-corrected chi connectivity index (χ2v) is 4.22. The van der Waals surface area contributed by atoms with E-state index in [-0.39, 0.29) is 0 Å². The number of hydrogen-bond acceptors (Lipinski definition) is 1. The van der Waals surface area contributed by atoms with Crippen LogP contribution < -0.4 is 9.27 Å². The van der Waals surface area contributed by atoms with E-state index >= 15 is 0 Å². The Kier molecular flexibility index (Phi) is 2.74. The van der Waals surface area contributed by atoms with Crippen molar-refractivity contribution in [3.8, 4) is 0 Å². The van der Waals surface area contributed by atoms with Crippen molar-refractivity contribution in [1.82, 2.24) is 9.58 Å². The van der Waals surface area contributed by atoms with Gasteiger partial charge >= 0.3 is 0 Å². The van der Waals surface area contributed by atoms with Crippen LogP contribution in [-0.2, 0) is 0 Å². The monoisotopic (exact) mass is 237 g/mol. The minimum atomic E-state index is 0.568. The highest BCUT2D eigenvalue weighted by Crippen LogP contribution is 2.19. The predicted molar refractivity (Wildman–Crippen MR) is 71.2 cm³/mol. The minimum absolute atomic E-state index is 0.568. The lowest BCUT2D eigenvalue weighted by Gasteiger charge is -2.25. The van der Waals surface area contributed by atoms with Gasteiger partial charge in [0.25, 0.3) is 5.82 Å². The van der Waals surface area contributed by atoms with Gasteiger partial charge in [-0.15, -0.1) is 0 Å². The Hall–Kier alpha value is -2.26. The van der Waals surface area contributed by atoms with E-state index in [4.69, 9.17) is 0 Å². The molecule has 0 spiro atoms. The molecule has 0 aliphatic carbocycles. The maximum Gasteiger partial charge on any atom is 0.290 e. The van der Waals surface area contributed by atoms with E-state index in [2.05, 4.69) is 52.5 Å². The first-order valence-electron chi connectivity index (χ1n) is 6.03. The van der Waals surface area contributed by atoms with Crippen molar-refractivity contribution in [3.63, 3.8) is 0 Å². The standard InChI is InChI=1S/C15H15N3/c1-5-11-17(12-6-1)18(13-7-2-8-14-18)15-9-3-4-10-16-15/h1-13H,14H2/q+2. The molecule has 88 valence electrons. The average molecular weight is 237 g/mol. The Morgan fingerprint density at radius 3 is 2.56 bits per heavy atom. The molecule has 0 saturated carbocycles. The fourth-order valence-electron chi connectivity index (χ4n) is 2.22. The number of hydrogen-bond donors (Lipinski definition) is 0. The van der Waals surface area contributed by atoms with E-state index in [0.29, 0.717) is 4.59 Å². The summed E-state index contributed by atoms with van der Waals surface area (Å²) >= 11 is 0. The van der Waals surface area contributed by atoms with Crippen LogP contribution in [0.4, 0.5) is 5.82 Å². The van der Waals surface area contributed by atoms with Crippen molar-refractivity contribution in [3.05, 3.63) is 79.4 Å². The maximum atomic E-state index is 4.52. The average Bonchev–Trinajstić information content (AvgIpc) is 2.50. The van der Waals surface area contributed by atoms with Crippen molar-refractivity contribution in [1.29, 1.82) is 0 Å². The van der Waals surface area contributed by atoms with Gasteiger partial charge in [-0.05, 0) is 33.6 Å². The molecule has 18 heavy (non-hydrogen) atoms. The Morgan fingerprint density at radius 2 is 1.89 bits per heavy atom. The zero-order valence-corrected chi connectivity index (χ0v) is 10.1. The lowest BCUT2D eigenvalue weighted by Crippen LogP contribution is -2.69. The number of pyridine rings is 2. The van der Waals surface area contributed by atoms with Crippen molar-refractivity contribution in [2.45, 2.75) is 0 Å². The van der Waals surface area contributed by atoms with Crippen LogP contribution in [0.5, 0.6) is 0 Å². The van der Waals surface area contributed by atoms with Crippen LogP contribution in [0.3, 0.4) is 0 Å². The molecule has 0 bridgehead atoms. The van der Waals surface area contributed by atoms with E-state index < -0.39 is 0 Å². The van der Waals surface area contributed by atoms with E-state index in [9.17, 15) is 0 Å². The van der Waals surface area contributed by atoms with Crippen LogP contribution in [-0.4, -0.2) is 11.5 Å². The molecule has 0 radical (unpaired) electrons. The van der Waals surface area contributed by atoms with E-state index in [1.54, 1.807) is 0 Å². The topological polar surface area (TPSA) is 16.8 Å². The SMILES string of the molecule is C1=CC[N+](c2ccccn2)([n+]2ccccc2)C=C1. The van der Waals surface area contributed by atoms with Crippen LogP contribution in [0.15, 0.2) is 79.4 Å². The van der Waals surface area contributed by atoms with Crippen molar-refractivity contribution < 1.29 is 4.68 Å². The van der Waals surface area contributed by atoms with Gasteiger partial charge in [-0.25, -0.2) is 0 Å². The lowest BCUT2D eigenvalue weighted by molar-refractivity contribution is -0.797. The molecule has 0 saturated heterocycles. The third-order valence-electron chi connectivity index (χ3n) is 3.12. The van der Waals surface area contributed by atoms with Crippen molar-refractivity contribution >= 4 is 5.82 Å². The van der Waals surface area contributed by atoms with Crippen LogP contribution in [0.25, 0.3) is 0 Å². The molecule has 0 aromatic carbocycles. The summed E-state index contributed by atoms with van der Waals surface area (Å²) in [5, 5.41) is 0. The Labute approximate surface area is 107 Å². The van der Waals surface area contributed by atoms with Gasteiger partial charge in [0.2, 0.25) is 12.4 Å². The summed E-state index contributed by atoms with van der Waals surface area (Å²) in [6.45, 7) is 0.863. The Morgan fingerprint density at radius 1 is 1.00 bits per heavy atom. The van der Waals surface area contributed by atoms with Crippen LogP contribution in [0.1, 0.15) is 0 Å². The fraction of sp³-hybridized carbons (Fsp3) is 0.0667. The summed E-state index contributed by atoms with van der Waals surface area (Å²) in [4.78, 5) is 4.52. The predicted octanol–water partition coefficient (Wildman–Crippen LogP) is 2.22. The van der Waals surface area contributed by atoms with E-state index in [1.165, 1.54) is 0 Å². The second kappa shape index (κ2) is 4.55. The zero-order chi connectivity index (χ0) is 12.3. The van der Waals surface area contributed by atoms with E-state index in [1.807, 2.05) is 36.5 Å². The van der Waals surface area contributed by atoms with Gasteiger partial charge in [-0.3, -0.25) is 0 Å². The van der Waals surface area contributed by atoms with E-state index in [0.717, 1.165) is 12.4 Å². The van der Waals surface area contributed by atoms with Gasteiger partial charge in [-0.1, -0.05) is 12.1 Å². The molecule has 1 aliphatic heterocycles. The molecular formula is C15H15N3+2. The summed E-state index contributed by atoms with van der Waals surface area (Å²) in [6, 6.07) is 12.1. The van der Waals surface area contributed by atoms with Gasteiger partial charge in [0.05, 0.1) is 0 Å². The number of allylic oxidation sites excluding steroid dienone is 2. The molecule has 2 aromatic heterocycles. The van der Waals surface area contributed by atoms with Crippen molar-refractivity contribution in [2.75, 3.05) is 6.54 Å². The summed E-state index contributed by atoms with van der Waals surface area (Å²) in [5.74, 6) is 1.01. The number of aromatic nitrogens is 2. The third kappa shape index (κ3) is 1.75. The van der Waals surface area contributed by atoms with Crippen LogP contribution in [0, 0.1) is 0 Å². The molecule has 3 nitrogen and oxygen atoms in total. The summed E-state index contributed by atoms with van der Waals surface area (Å²) < 4.78 is 2.72. The molecule has 3 heteroatoms. The Balaban J connectivity index is 2.17. The van der Waals surface area contributed by atoms with Gasteiger partial charge in [-0.2, -0.15) is 4.98 Å². The number of rotatable bonds is 2. The second-order valence-electron chi connectivity index (χ2n) is 4.22. The van der Waals surface area contributed by atoms with Gasteiger partial charge in [0.15, 0.2) is 12.7 Å². The zero-order valence-electron chi connectivity index (χ0n) is 10.1. The first-order valence-corrected chi connectivity index (χ1v) is 6.03. The third-order valence-corrected chi connectivity index (χ3v) is 3.12. The highest BCUT2D eigenvalue weighted by molar-refractivity contribution is 5.36. The molecule has 2 aromatic rings. The van der Waals surface area contributed by atoms with Gasteiger partial charge in [0.1, 0.15) is 0 Å². The van der Waals surface area contributed by atoms with Crippen LogP contribution >= 0.6 is 0 Å². The summed E-state index contributed by atoms with van der Waals surface area (Å²) in [5.41, 5.74) is 0. The molecular weight excluding hydrogens is 222 g/mol. The maximum absolute atomic E-state index is 4.52. The summed E-state index contributed by atoms with van der Waals surface area (Å²) in [6.07, 6.45) is 14.4. The highest BCUT2D eigenvalue weighted by Gasteiger charge is 2.39. The van der Waals surface area contributed by atoms with Gasteiger partial charge < -0.3 is 0 Å². The smallest absolute Gasteiger partial charge is 0.200 e. The van der Waals surface area contributed by atoms with Crippen molar-refractivity contribution in [2.24, 2.45) is 0 Å². The lowest BCUT2D eigenvalue weighted by atomic mass is 10.3. The first-order chi connectivity index (χ1) is 8.92.